The molecule has 0 radical (unpaired) electrons. The summed E-state index contributed by atoms with van der Waals surface area (Å²) in [6.07, 6.45) is 2.25. The number of ether oxygens (including phenoxy) is 1. The Morgan fingerprint density at radius 1 is 1.37 bits per heavy atom. The lowest BCUT2D eigenvalue weighted by molar-refractivity contribution is 0.107. The molecule has 2 heterocycles. The molecule has 1 aliphatic rings. The molecule has 3 rings (SSSR count). The molecule has 0 spiro atoms. The molecule has 4 nitrogen and oxygen atoms in total. The third-order valence-corrected chi connectivity index (χ3v) is 3.58. The number of nitrogens with zero attached hydrogens (tertiary/aromatic N) is 2. The summed E-state index contributed by atoms with van der Waals surface area (Å²) >= 11 is 5.98. The van der Waals surface area contributed by atoms with E-state index in [-0.39, 0.29) is 18.5 Å². The van der Waals surface area contributed by atoms with Crippen molar-refractivity contribution in [3.8, 4) is 5.88 Å². The Bertz CT molecular complexity index is 551. The highest BCUT2D eigenvalue weighted by Gasteiger charge is 2.20. The first kappa shape index (κ1) is 14.4. The molecular weight excluding hydrogens is 287 g/mol. The molecule has 0 N–H and O–H groups in total. The van der Waals surface area contributed by atoms with Crippen LogP contribution in [0.1, 0.15) is 12.8 Å². The van der Waals surface area contributed by atoms with E-state index in [1.807, 2.05) is 12.1 Å². The SMILES string of the molecule is CN1CCC(Oc2noc3ccc(Cl)cc23)CC1.Cl. The number of fused-ring (bicyclic) bond motifs is 1. The first-order chi connectivity index (χ1) is 8.72. The van der Waals surface area contributed by atoms with Crippen LogP contribution in [-0.4, -0.2) is 36.3 Å². The Morgan fingerprint density at radius 2 is 2.11 bits per heavy atom. The number of aromatic nitrogens is 1. The minimum Gasteiger partial charge on any atom is -0.472 e. The monoisotopic (exact) mass is 302 g/mol. The highest BCUT2D eigenvalue weighted by atomic mass is 35.5. The van der Waals surface area contributed by atoms with Gasteiger partial charge < -0.3 is 14.2 Å². The summed E-state index contributed by atoms with van der Waals surface area (Å²) in [6, 6.07) is 5.43. The van der Waals surface area contributed by atoms with E-state index in [4.69, 9.17) is 20.9 Å². The van der Waals surface area contributed by atoms with Crippen LogP contribution in [0.2, 0.25) is 5.02 Å². The molecule has 1 fully saturated rings. The molecule has 19 heavy (non-hydrogen) atoms. The molecule has 2 aromatic rings. The first-order valence-corrected chi connectivity index (χ1v) is 6.50. The molecule has 1 saturated heterocycles. The predicted octanol–water partition coefficient (Wildman–Crippen LogP) is 3.38. The highest BCUT2D eigenvalue weighted by Crippen LogP contribution is 2.29. The van der Waals surface area contributed by atoms with E-state index in [1.54, 1.807) is 6.07 Å². The van der Waals surface area contributed by atoms with Crippen LogP contribution in [-0.2, 0) is 0 Å². The van der Waals surface area contributed by atoms with Gasteiger partial charge in [0.15, 0.2) is 5.58 Å². The average Bonchev–Trinajstić information content (AvgIpc) is 2.75. The predicted molar refractivity (Wildman–Crippen MR) is 77.4 cm³/mol. The summed E-state index contributed by atoms with van der Waals surface area (Å²) in [7, 11) is 2.13. The van der Waals surface area contributed by atoms with Crippen LogP contribution in [0, 0.1) is 0 Å². The zero-order chi connectivity index (χ0) is 12.5. The number of halogens is 2. The van der Waals surface area contributed by atoms with Crippen molar-refractivity contribution in [2.24, 2.45) is 0 Å². The largest absolute Gasteiger partial charge is 0.472 e. The number of hydrogen-bond acceptors (Lipinski definition) is 4. The molecule has 1 aliphatic heterocycles. The Kier molecular flexibility index (Phi) is 4.55. The number of rotatable bonds is 2. The average molecular weight is 303 g/mol. The van der Waals surface area contributed by atoms with Crippen molar-refractivity contribution in [1.29, 1.82) is 0 Å². The van der Waals surface area contributed by atoms with Gasteiger partial charge in [-0.3, -0.25) is 0 Å². The molecule has 0 aliphatic carbocycles. The van der Waals surface area contributed by atoms with E-state index in [0.717, 1.165) is 31.3 Å². The fraction of sp³-hybridized carbons (Fsp3) is 0.462. The van der Waals surface area contributed by atoms with Gasteiger partial charge in [0, 0.05) is 18.1 Å². The zero-order valence-electron chi connectivity index (χ0n) is 10.6. The minimum absolute atomic E-state index is 0. The van der Waals surface area contributed by atoms with Crippen molar-refractivity contribution in [2.45, 2.75) is 18.9 Å². The second kappa shape index (κ2) is 5.99. The molecule has 0 bridgehead atoms. The smallest absolute Gasteiger partial charge is 0.262 e. The van der Waals surface area contributed by atoms with Gasteiger partial charge in [0.05, 0.1) is 5.39 Å². The van der Waals surface area contributed by atoms with Gasteiger partial charge in [-0.25, -0.2) is 0 Å². The summed E-state index contributed by atoms with van der Waals surface area (Å²) in [6.45, 7) is 2.11. The molecule has 104 valence electrons. The van der Waals surface area contributed by atoms with Crippen LogP contribution in [0.4, 0.5) is 0 Å². The quantitative estimate of drug-likeness (QED) is 0.852. The van der Waals surface area contributed by atoms with Crippen molar-refractivity contribution in [3.63, 3.8) is 0 Å². The van der Waals surface area contributed by atoms with Crippen LogP contribution in [0.3, 0.4) is 0 Å². The summed E-state index contributed by atoms with van der Waals surface area (Å²) in [5.74, 6) is 0.557. The van der Waals surface area contributed by atoms with Gasteiger partial charge >= 0.3 is 0 Å². The molecule has 0 saturated carbocycles. The lowest BCUT2D eigenvalue weighted by Crippen LogP contribution is -2.35. The Morgan fingerprint density at radius 3 is 2.84 bits per heavy atom. The van der Waals surface area contributed by atoms with Crippen molar-refractivity contribution in [2.75, 3.05) is 20.1 Å². The van der Waals surface area contributed by atoms with E-state index in [9.17, 15) is 0 Å². The highest BCUT2D eigenvalue weighted by molar-refractivity contribution is 6.31. The first-order valence-electron chi connectivity index (χ1n) is 6.12. The lowest BCUT2D eigenvalue weighted by Gasteiger charge is -2.28. The van der Waals surface area contributed by atoms with Crippen LogP contribution >= 0.6 is 24.0 Å². The van der Waals surface area contributed by atoms with Gasteiger partial charge in [0.1, 0.15) is 6.10 Å². The standard InChI is InChI=1S/C13H15ClN2O2.ClH/c1-16-6-4-10(5-7-16)17-13-11-8-9(14)2-3-12(11)18-15-13;/h2-3,8,10H,4-7H2,1H3;1H. The Labute approximate surface area is 123 Å². The normalized spacial score (nSPS) is 17.4. The second-order valence-corrected chi connectivity index (χ2v) is 5.19. The van der Waals surface area contributed by atoms with Crippen LogP contribution < -0.4 is 4.74 Å². The summed E-state index contributed by atoms with van der Waals surface area (Å²) in [4.78, 5) is 2.30. The maximum Gasteiger partial charge on any atom is 0.262 e. The van der Waals surface area contributed by atoms with Crippen molar-refractivity contribution in [3.05, 3.63) is 23.2 Å². The second-order valence-electron chi connectivity index (χ2n) is 4.75. The van der Waals surface area contributed by atoms with Crippen molar-refractivity contribution < 1.29 is 9.26 Å². The van der Waals surface area contributed by atoms with Crippen LogP contribution in [0.15, 0.2) is 22.7 Å². The number of benzene rings is 1. The van der Waals surface area contributed by atoms with Gasteiger partial charge in [-0.1, -0.05) is 11.6 Å². The van der Waals surface area contributed by atoms with Gasteiger partial charge in [-0.15, -0.1) is 12.4 Å². The van der Waals surface area contributed by atoms with Crippen molar-refractivity contribution >= 4 is 35.0 Å². The Hall–Kier alpha value is -0.970. The third kappa shape index (κ3) is 3.14. The Balaban J connectivity index is 0.00000133. The van der Waals surface area contributed by atoms with Crippen LogP contribution in [0.5, 0.6) is 5.88 Å². The van der Waals surface area contributed by atoms with Gasteiger partial charge in [0.2, 0.25) is 0 Å². The third-order valence-electron chi connectivity index (χ3n) is 3.34. The fourth-order valence-electron chi connectivity index (χ4n) is 2.23. The lowest BCUT2D eigenvalue weighted by atomic mass is 10.1. The van der Waals surface area contributed by atoms with E-state index in [2.05, 4.69) is 17.1 Å². The molecule has 6 heteroatoms. The molecule has 1 aromatic carbocycles. The van der Waals surface area contributed by atoms with E-state index in [1.165, 1.54) is 0 Å². The number of likely N-dealkylation sites (tertiary alicyclic amines) is 1. The van der Waals surface area contributed by atoms with Gasteiger partial charge in [-0.05, 0) is 43.2 Å². The minimum atomic E-state index is 0. The summed E-state index contributed by atoms with van der Waals surface area (Å²) in [5.41, 5.74) is 0.710. The molecule has 0 atom stereocenters. The fourth-order valence-corrected chi connectivity index (χ4v) is 2.41. The topological polar surface area (TPSA) is 38.5 Å². The number of hydrogen-bond donors (Lipinski definition) is 0. The van der Waals surface area contributed by atoms with Gasteiger partial charge in [-0.2, -0.15) is 0 Å². The summed E-state index contributed by atoms with van der Waals surface area (Å²) < 4.78 is 11.1. The van der Waals surface area contributed by atoms with Crippen LogP contribution in [0.25, 0.3) is 11.0 Å². The molecule has 1 aromatic heterocycles. The molecular formula is C13H16Cl2N2O2. The zero-order valence-corrected chi connectivity index (χ0v) is 12.2. The maximum atomic E-state index is 5.98. The summed E-state index contributed by atoms with van der Waals surface area (Å²) in [5, 5.41) is 5.49. The number of piperidine rings is 1. The maximum absolute atomic E-state index is 5.98. The molecule has 0 amide bonds. The van der Waals surface area contributed by atoms with Gasteiger partial charge in [0.25, 0.3) is 5.88 Å². The van der Waals surface area contributed by atoms with E-state index < -0.39 is 0 Å². The van der Waals surface area contributed by atoms with E-state index >= 15 is 0 Å². The molecule has 0 unspecified atom stereocenters. The van der Waals surface area contributed by atoms with Crippen molar-refractivity contribution in [1.82, 2.24) is 10.1 Å². The van der Waals surface area contributed by atoms with E-state index in [0.29, 0.717) is 16.5 Å².